The summed E-state index contributed by atoms with van der Waals surface area (Å²) in [7, 11) is 0. The third kappa shape index (κ3) is 4.98. The zero-order valence-electron chi connectivity index (χ0n) is 17.0. The smallest absolute Gasteiger partial charge is 0.271 e. The van der Waals surface area contributed by atoms with E-state index in [2.05, 4.69) is 21.5 Å². The molecule has 1 amide bonds. The van der Waals surface area contributed by atoms with Gasteiger partial charge >= 0.3 is 0 Å². The number of nitrogens with zero attached hydrogens (tertiary/aromatic N) is 2. The lowest BCUT2D eigenvalue weighted by atomic mass is 9.68. The van der Waals surface area contributed by atoms with Crippen molar-refractivity contribution < 1.29 is 4.79 Å². The molecule has 1 N–H and O–H groups in total. The van der Waals surface area contributed by atoms with Gasteiger partial charge in [0.1, 0.15) is 0 Å². The molecule has 0 atom stereocenters. The normalized spacial score (nSPS) is 18.7. The number of piperidine rings is 1. The van der Waals surface area contributed by atoms with Gasteiger partial charge in [0.15, 0.2) is 0 Å². The zero-order valence-corrected chi connectivity index (χ0v) is 18.6. The summed E-state index contributed by atoms with van der Waals surface area (Å²) in [6.45, 7) is 2.20. The summed E-state index contributed by atoms with van der Waals surface area (Å²) in [6, 6.07) is 12.7. The molecule has 1 saturated carbocycles. The maximum atomic E-state index is 12.1. The molecule has 0 aromatic heterocycles. The lowest BCUT2D eigenvalue weighted by Crippen LogP contribution is -2.41. The van der Waals surface area contributed by atoms with Crippen molar-refractivity contribution in [3.63, 3.8) is 0 Å². The second-order valence-corrected chi connectivity index (χ2v) is 9.30. The van der Waals surface area contributed by atoms with Crippen molar-refractivity contribution in [2.24, 2.45) is 10.5 Å². The molecule has 1 aliphatic heterocycles. The first-order chi connectivity index (χ1) is 14.5. The predicted octanol–water partition coefficient (Wildman–Crippen LogP) is 6.31. The second-order valence-electron chi connectivity index (χ2n) is 8.46. The van der Waals surface area contributed by atoms with E-state index in [1.54, 1.807) is 30.5 Å². The number of nitrogens with one attached hydrogen (secondary N) is 1. The highest BCUT2D eigenvalue weighted by atomic mass is 35.5. The first-order valence-corrected chi connectivity index (χ1v) is 11.4. The van der Waals surface area contributed by atoms with Gasteiger partial charge in [0.2, 0.25) is 0 Å². The molecular formula is C24H27Cl2N3O. The number of hydrogen-bond donors (Lipinski definition) is 1. The number of hydrazone groups is 1. The molecule has 2 aliphatic rings. The minimum Gasteiger partial charge on any atom is -0.371 e. The van der Waals surface area contributed by atoms with E-state index in [0.29, 0.717) is 21.0 Å². The lowest BCUT2D eigenvalue weighted by molar-refractivity contribution is 0.0955. The average molecular weight is 444 g/mol. The van der Waals surface area contributed by atoms with Crippen molar-refractivity contribution in [2.45, 2.75) is 44.9 Å². The van der Waals surface area contributed by atoms with Crippen LogP contribution in [0.1, 0.15) is 60.9 Å². The van der Waals surface area contributed by atoms with Crippen LogP contribution in [0.3, 0.4) is 0 Å². The maximum Gasteiger partial charge on any atom is 0.271 e. The molecule has 0 bridgehead atoms. The van der Waals surface area contributed by atoms with Gasteiger partial charge in [-0.25, -0.2) is 5.43 Å². The van der Waals surface area contributed by atoms with E-state index >= 15 is 0 Å². The summed E-state index contributed by atoms with van der Waals surface area (Å²) in [6.07, 6.45) is 11.1. The van der Waals surface area contributed by atoms with Crippen molar-refractivity contribution in [1.29, 1.82) is 0 Å². The molecule has 1 heterocycles. The molecule has 6 heteroatoms. The van der Waals surface area contributed by atoms with E-state index in [1.165, 1.54) is 44.9 Å². The fourth-order valence-corrected chi connectivity index (χ4v) is 5.03. The van der Waals surface area contributed by atoms with Crippen LogP contribution in [-0.2, 0) is 0 Å². The molecular weight excluding hydrogens is 417 g/mol. The van der Waals surface area contributed by atoms with E-state index in [1.807, 2.05) is 12.1 Å². The molecule has 4 rings (SSSR count). The SMILES string of the molecule is O=C(N/N=C/c1ccc(N2CCC3(CCCCC3)CC2)cc1Cl)c1ccc(Cl)cc1. The molecule has 0 radical (unpaired) electrons. The molecule has 30 heavy (non-hydrogen) atoms. The summed E-state index contributed by atoms with van der Waals surface area (Å²) in [5, 5.41) is 5.27. The molecule has 1 spiro atoms. The fraction of sp³-hybridized carbons (Fsp3) is 0.417. The highest BCUT2D eigenvalue weighted by Gasteiger charge is 2.35. The van der Waals surface area contributed by atoms with Gasteiger partial charge in [0.25, 0.3) is 5.91 Å². The number of anilines is 1. The molecule has 0 unspecified atom stereocenters. The summed E-state index contributed by atoms with van der Waals surface area (Å²) < 4.78 is 0. The molecule has 2 aromatic carbocycles. The Hall–Kier alpha value is -2.04. The number of hydrogen-bond acceptors (Lipinski definition) is 3. The van der Waals surface area contributed by atoms with E-state index in [9.17, 15) is 4.79 Å². The topological polar surface area (TPSA) is 44.7 Å². The van der Waals surface area contributed by atoms with Crippen LogP contribution in [0.25, 0.3) is 0 Å². The van der Waals surface area contributed by atoms with Gasteiger partial charge in [-0.3, -0.25) is 4.79 Å². The fourth-order valence-electron chi connectivity index (χ4n) is 4.68. The van der Waals surface area contributed by atoms with Crippen LogP contribution in [0.15, 0.2) is 47.6 Å². The third-order valence-electron chi connectivity index (χ3n) is 6.56. The minimum atomic E-state index is -0.291. The third-order valence-corrected chi connectivity index (χ3v) is 7.14. The Morgan fingerprint density at radius 3 is 2.33 bits per heavy atom. The van der Waals surface area contributed by atoms with Gasteiger partial charge in [-0.15, -0.1) is 0 Å². The number of benzene rings is 2. The molecule has 4 nitrogen and oxygen atoms in total. The lowest BCUT2D eigenvalue weighted by Gasteiger charge is -2.45. The van der Waals surface area contributed by atoms with Crippen molar-refractivity contribution >= 4 is 41.0 Å². The summed E-state index contributed by atoms with van der Waals surface area (Å²) >= 11 is 12.3. The molecule has 2 fully saturated rings. The number of halogens is 2. The van der Waals surface area contributed by atoms with Gasteiger partial charge in [-0.05, 0) is 73.6 Å². The number of amides is 1. The number of carbonyl (C=O) groups is 1. The van der Waals surface area contributed by atoms with Crippen LogP contribution in [-0.4, -0.2) is 25.2 Å². The van der Waals surface area contributed by atoms with E-state index in [4.69, 9.17) is 23.2 Å². The van der Waals surface area contributed by atoms with Gasteiger partial charge in [-0.2, -0.15) is 5.10 Å². The van der Waals surface area contributed by atoms with Gasteiger partial charge < -0.3 is 4.90 Å². The molecule has 158 valence electrons. The summed E-state index contributed by atoms with van der Waals surface area (Å²) in [4.78, 5) is 14.6. The Morgan fingerprint density at radius 2 is 1.67 bits per heavy atom. The Balaban J connectivity index is 1.34. The molecule has 2 aromatic rings. The largest absolute Gasteiger partial charge is 0.371 e. The Labute approximate surface area is 188 Å². The van der Waals surface area contributed by atoms with E-state index in [0.717, 1.165) is 24.3 Å². The quantitative estimate of drug-likeness (QED) is 0.444. The standard InChI is InChI=1S/C24H27Cl2N3O/c25-20-7-4-18(5-8-20)23(30)28-27-17-19-6-9-21(16-22(19)26)29-14-12-24(13-15-29)10-2-1-3-11-24/h4-9,16-17H,1-3,10-15H2,(H,28,30)/b27-17+. The van der Waals surface area contributed by atoms with Crippen LogP contribution in [0.4, 0.5) is 5.69 Å². The van der Waals surface area contributed by atoms with Crippen LogP contribution in [0, 0.1) is 5.41 Å². The average Bonchev–Trinajstić information content (AvgIpc) is 2.76. The summed E-state index contributed by atoms with van der Waals surface area (Å²) in [5.74, 6) is -0.291. The highest BCUT2D eigenvalue weighted by molar-refractivity contribution is 6.33. The van der Waals surface area contributed by atoms with Crippen molar-refractivity contribution in [3.05, 3.63) is 63.6 Å². The van der Waals surface area contributed by atoms with Crippen molar-refractivity contribution in [1.82, 2.24) is 5.43 Å². The maximum absolute atomic E-state index is 12.1. The van der Waals surface area contributed by atoms with Crippen molar-refractivity contribution in [2.75, 3.05) is 18.0 Å². The van der Waals surface area contributed by atoms with Gasteiger partial charge in [0.05, 0.1) is 11.2 Å². The van der Waals surface area contributed by atoms with Gasteiger partial charge in [0, 0.05) is 34.9 Å². The Morgan fingerprint density at radius 1 is 0.967 bits per heavy atom. The van der Waals surface area contributed by atoms with E-state index < -0.39 is 0 Å². The Kier molecular flexibility index (Phi) is 6.64. The Bertz CT molecular complexity index is 911. The predicted molar refractivity (Wildman–Crippen MR) is 125 cm³/mol. The minimum absolute atomic E-state index is 0.291. The highest BCUT2D eigenvalue weighted by Crippen LogP contribution is 2.45. The molecule has 1 saturated heterocycles. The van der Waals surface area contributed by atoms with Crippen LogP contribution in [0.2, 0.25) is 10.0 Å². The monoisotopic (exact) mass is 443 g/mol. The first-order valence-electron chi connectivity index (χ1n) is 10.7. The first kappa shape index (κ1) is 21.2. The number of rotatable bonds is 4. The van der Waals surface area contributed by atoms with Crippen LogP contribution >= 0.6 is 23.2 Å². The van der Waals surface area contributed by atoms with Gasteiger partial charge in [-0.1, -0.05) is 42.5 Å². The van der Waals surface area contributed by atoms with Crippen LogP contribution < -0.4 is 10.3 Å². The summed E-state index contributed by atoms with van der Waals surface area (Å²) in [5.41, 5.74) is 5.55. The molecule has 1 aliphatic carbocycles. The van der Waals surface area contributed by atoms with Crippen molar-refractivity contribution in [3.8, 4) is 0 Å². The van der Waals surface area contributed by atoms with Crippen LogP contribution in [0.5, 0.6) is 0 Å². The number of carbonyl (C=O) groups excluding carboxylic acids is 1. The van der Waals surface area contributed by atoms with E-state index in [-0.39, 0.29) is 5.91 Å². The zero-order chi connectivity index (χ0) is 21.0. The second kappa shape index (κ2) is 9.40.